The zero-order valence-corrected chi connectivity index (χ0v) is 16.6. The van der Waals surface area contributed by atoms with Crippen molar-refractivity contribution in [3.63, 3.8) is 0 Å². The highest BCUT2D eigenvalue weighted by atomic mass is 16.5. The number of aromatic amines is 1. The molecule has 1 aliphatic rings. The summed E-state index contributed by atoms with van der Waals surface area (Å²) in [5.41, 5.74) is 3.13. The summed E-state index contributed by atoms with van der Waals surface area (Å²) in [5.74, 6) is 0.0492. The van der Waals surface area contributed by atoms with Gasteiger partial charge in [0.1, 0.15) is 0 Å². The maximum Gasteiger partial charge on any atom is 0.309 e. The van der Waals surface area contributed by atoms with E-state index in [1.165, 1.54) is 0 Å². The minimum Gasteiger partial charge on any atom is -0.466 e. The maximum absolute atomic E-state index is 13.2. The van der Waals surface area contributed by atoms with E-state index in [1.54, 1.807) is 0 Å². The largest absolute Gasteiger partial charge is 0.466 e. The molecule has 0 saturated heterocycles. The number of hydrogen-bond donors (Lipinski definition) is 1. The quantitative estimate of drug-likeness (QED) is 0.593. The molecule has 2 aromatic carbocycles. The van der Waals surface area contributed by atoms with Crippen molar-refractivity contribution >= 4 is 22.8 Å². The highest BCUT2D eigenvalue weighted by Crippen LogP contribution is 2.40. The molecule has 4 rings (SSSR count). The van der Waals surface area contributed by atoms with Gasteiger partial charge in [0.25, 0.3) is 0 Å². The van der Waals surface area contributed by atoms with Gasteiger partial charge in [-0.1, -0.05) is 48.5 Å². The Balaban J connectivity index is 1.48. The van der Waals surface area contributed by atoms with Crippen LogP contribution in [0.15, 0.2) is 60.8 Å². The number of para-hydroxylation sites is 1. The average molecular weight is 390 g/mol. The highest BCUT2D eigenvalue weighted by Gasteiger charge is 2.45. The normalized spacial score (nSPS) is 17.8. The van der Waals surface area contributed by atoms with Crippen LogP contribution in [0.2, 0.25) is 0 Å². The van der Waals surface area contributed by atoms with Gasteiger partial charge in [-0.05, 0) is 36.5 Å². The highest BCUT2D eigenvalue weighted by molar-refractivity contribution is 5.89. The van der Waals surface area contributed by atoms with Gasteiger partial charge < -0.3 is 14.6 Å². The van der Waals surface area contributed by atoms with Crippen molar-refractivity contribution in [2.75, 3.05) is 13.2 Å². The average Bonchev–Trinajstić information content (AvgIpc) is 3.40. The van der Waals surface area contributed by atoms with Gasteiger partial charge in [0.15, 0.2) is 0 Å². The smallest absolute Gasteiger partial charge is 0.309 e. The van der Waals surface area contributed by atoms with Crippen LogP contribution in [-0.2, 0) is 27.3 Å². The third-order valence-corrected chi connectivity index (χ3v) is 5.55. The molecule has 1 heterocycles. The van der Waals surface area contributed by atoms with Gasteiger partial charge in [-0.25, -0.2) is 0 Å². The molecule has 0 unspecified atom stereocenters. The summed E-state index contributed by atoms with van der Waals surface area (Å²) in [6.07, 6.45) is 3.06. The number of hydrogen-bond acceptors (Lipinski definition) is 3. The molecule has 1 aliphatic carbocycles. The molecule has 0 spiro atoms. The summed E-state index contributed by atoms with van der Waals surface area (Å²) >= 11 is 0. The summed E-state index contributed by atoms with van der Waals surface area (Å²) in [5, 5.41) is 1.08. The molecule has 0 radical (unpaired) electrons. The molecule has 29 heavy (non-hydrogen) atoms. The Morgan fingerprint density at radius 3 is 2.66 bits per heavy atom. The van der Waals surface area contributed by atoms with E-state index in [2.05, 4.69) is 4.98 Å². The lowest BCUT2D eigenvalue weighted by Crippen LogP contribution is -2.34. The molecule has 1 saturated carbocycles. The second-order valence-electron chi connectivity index (χ2n) is 7.65. The predicted molar refractivity (Wildman–Crippen MR) is 112 cm³/mol. The Kier molecular flexibility index (Phi) is 5.65. The summed E-state index contributed by atoms with van der Waals surface area (Å²) in [7, 11) is 0. The van der Waals surface area contributed by atoms with Crippen molar-refractivity contribution in [1.29, 1.82) is 0 Å². The van der Waals surface area contributed by atoms with E-state index < -0.39 is 0 Å². The van der Waals surface area contributed by atoms with Crippen LogP contribution in [0.4, 0.5) is 0 Å². The van der Waals surface area contributed by atoms with E-state index in [0.29, 0.717) is 26.1 Å². The molecule has 5 heteroatoms. The molecule has 5 nitrogen and oxygen atoms in total. The van der Waals surface area contributed by atoms with Crippen molar-refractivity contribution in [2.24, 2.45) is 11.8 Å². The van der Waals surface area contributed by atoms with Crippen molar-refractivity contribution in [3.05, 3.63) is 71.9 Å². The number of rotatable bonds is 8. The van der Waals surface area contributed by atoms with Crippen LogP contribution in [0, 0.1) is 11.8 Å². The molecule has 1 fully saturated rings. The first-order valence-electron chi connectivity index (χ1n) is 10.2. The summed E-state index contributed by atoms with van der Waals surface area (Å²) in [4.78, 5) is 30.3. The number of benzene rings is 2. The van der Waals surface area contributed by atoms with Crippen molar-refractivity contribution in [2.45, 2.75) is 26.3 Å². The monoisotopic (exact) mass is 390 g/mol. The molecule has 1 aromatic heterocycles. The lowest BCUT2D eigenvalue weighted by Gasteiger charge is -2.23. The summed E-state index contributed by atoms with van der Waals surface area (Å²) in [6, 6.07) is 18.0. The Morgan fingerprint density at radius 2 is 1.86 bits per heavy atom. The fraction of sp³-hybridized carbons (Fsp3) is 0.333. The maximum atomic E-state index is 13.2. The first-order chi connectivity index (χ1) is 14.2. The number of amides is 1. The van der Waals surface area contributed by atoms with Gasteiger partial charge in [-0.3, -0.25) is 9.59 Å². The minimum atomic E-state index is -0.138. The molecule has 0 bridgehead atoms. The van der Waals surface area contributed by atoms with Crippen LogP contribution >= 0.6 is 0 Å². The third kappa shape index (κ3) is 4.50. The number of H-pyrrole nitrogens is 1. The lowest BCUT2D eigenvalue weighted by molar-refractivity contribution is -0.145. The van der Waals surface area contributed by atoms with Gasteiger partial charge in [0.2, 0.25) is 5.91 Å². The van der Waals surface area contributed by atoms with Crippen LogP contribution in [0.5, 0.6) is 0 Å². The zero-order chi connectivity index (χ0) is 20.2. The van der Waals surface area contributed by atoms with E-state index in [1.807, 2.05) is 72.6 Å². The van der Waals surface area contributed by atoms with E-state index >= 15 is 0 Å². The van der Waals surface area contributed by atoms with E-state index in [9.17, 15) is 9.59 Å². The first kappa shape index (κ1) is 19.2. The van der Waals surface area contributed by atoms with E-state index in [-0.39, 0.29) is 23.7 Å². The lowest BCUT2D eigenvalue weighted by atomic mass is 10.1. The number of fused-ring (bicyclic) bond motifs is 1. The van der Waals surface area contributed by atoms with Crippen LogP contribution < -0.4 is 0 Å². The number of esters is 1. The molecule has 3 aromatic rings. The fourth-order valence-electron chi connectivity index (χ4n) is 3.88. The number of carbonyl (C=O) groups is 2. The van der Waals surface area contributed by atoms with Crippen molar-refractivity contribution < 1.29 is 14.3 Å². The van der Waals surface area contributed by atoms with Crippen molar-refractivity contribution in [1.82, 2.24) is 9.88 Å². The molecule has 0 aliphatic heterocycles. The summed E-state index contributed by atoms with van der Waals surface area (Å²) < 4.78 is 5.14. The van der Waals surface area contributed by atoms with Gasteiger partial charge in [0, 0.05) is 30.2 Å². The fourth-order valence-corrected chi connectivity index (χ4v) is 3.88. The zero-order valence-electron chi connectivity index (χ0n) is 16.6. The standard InChI is InChI=1S/C24H26N2O3/c1-2-29-24(28)21-12-19(21)16-26(15-17-8-4-3-5-9-17)23(27)13-18-14-25-22-11-7-6-10-20(18)22/h3-11,14,19,21,25H,2,12-13,15-16H2,1H3/t19-,21+/m1/s1. The second kappa shape index (κ2) is 8.52. The Labute approximate surface area is 170 Å². The molecule has 1 N–H and O–H groups in total. The number of nitrogens with zero attached hydrogens (tertiary/aromatic N) is 1. The van der Waals surface area contributed by atoms with Crippen LogP contribution in [0.3, 0.4) is 0 Å². The van der Waals surface area contributed by atoms with E-state index in [4.69, 9.17) is 4.74 Å². The van der Waals surface area contributed by atoms with Crippen LogP contribution in [-0.4, -0.2) is 34.9 Å². The van der Waals surface area contributed by atoms with E-state index in [0.717, 1.165) is 28.5 Å². The van der Waals surface area contributed by atoms with Gasteiger partial charge in [-0.15, -0.1) is 0 Å². The van der Waals surface area contributed by atoms with Gasteiger partial charge in [0.05, 0.1) is 18.9 Å². The Hall–Kier alpha value is -3.08. The van der Waals surface area contributed by atoms with Crippen LogP contribution in [0.25, 0.3) is 10.9 Å². The summed E-state index contributed by atoms with van der Waals surface area (Å²) in [6.45, 7) is 3.35. The topological polar surface area (TPSA) is 62.4 Å². The molecule has 1 amide bonds. The molecular formula is C24H26N2O3. The minimum absolute atomic E-state index is 0.0749. The first-order valence-corrected chi connectivity index (χ1v) is 10.2. The van der Waals surface area contributed by atoms with Crippen LogP contribution in [0.1, 0.15) is 24.5 Å². The third-order valence-electron chi connectivity index (χ3n) is 5.55. The Bertz CT molecular complexity index is 996. The van der Waals surface area contributed by atoms with Crippen molar-refractivity contribution in [3.8, 4) is 0 Å². The molecule has 2 atom stereocenters. The number of carbonyl (C=O) groups excluding carboxylic acids is 2. The molecular weight excluding hydrogens is 364 g/mol. The van der Waals surface area contributed by atoms with Gasteiger partial charge in [-0.2, -0.15) is 0 Å². The number of aromatic nitrogens is 1. The SMILES string of the molecule is CCOC(=O)[C@H]1C[C@@H]1CN(Cc1ccccc1)C(=O)Cc1c[nH]c2ccccc12. The predicted octanol–water partition coefficient (Wildman–Crippen LogP) is 3.94. The molecule has 150 valence electrons. The Morgan fingerprint density at radius 1 is 1.10 bits per heavy atom. The number of ether oxygens (including phenoxy) is 1. The number of nitrogens with one attached hydrogen (secondary N) is 1. The van der Waals surface area contributed by atoms with Gasteiger partial charge >= 0.3 is 5.97 Å². The second-order valence-corrected chi connectivity index (χ2v) is 7.65.